The van der Waals surface area contributed by atoms with Gasteiger partial charge in [0.25, 0.3) is 5.91 Å². The second kappa shape index (κ2) is 11.5. The highest BCUT2D eigenvalue weighted by atomic mass is 16.5. The number of aliphatic hydroxyl groups excluding tert-OH is 1. The molecule has 0 spiro atoms. The number of nitrogens with one attached hydrogen (secondary N) is 1. The van der Waals surface area contributed by atoms with Gasteiger partial charge in [0.15, 0.2) is 6.61 Å². The summed E-state index contributed by atoms with van der Waals surface area (Å²) in [6, 6.07) is 22.8. The van der Waals surface area contributed by atoms with Crippen LogP contribution in [0.25, 0.3) is 0 Å². The molecular formula is C27H28N2O6. The third kappa shape index (κ3) is 6.17. The number of hydrogen-bond acceptors (Lipinski definition) is 6. The number of ether oxygens (including phenoxy) is 3. The lowest BCUT2D eigenvalue weighted by molar-refractivity contribution is -0.155. The quantitative estimate of drug-likeness (QED) is 0.492. The molecular weight excluding hydrogens is 448 g/mol. The summed E-state index contributed by atoms with van der Waals surface area (Å²) < 4.78 is 16.3. The SMILES string of the molecule is COc1ccccc1CN1C(=O)COC[C@@H]1[C@H](O)c1ccc(NC(=O)COc2ccccc2)cc1. The summed E-state index contributed by atoms with van der Waals surface area (Å²) in [6.45, 7) is 0.350. The van der Waals surface area contributed by atoms with Crippen molar-refractivity contribution >= 4 is 17.5 Å². The van der Waals surface area contributed by atoms with Crippen LogP contribution < -0.4 is 14.8 Å². The highest BCUT2D eigenvalue weighted by Gasteiger charge is 2.35. The van der Waals surface area contributed by atoms with Crippen LogP contribution in [-0.4, -0.2) is 54.8 Å². The molecule has 2 atom stereocenters. The predicted octanol–water partition coefficient (Wildman–Crippen LogP) is 3.17. The van der Waals surface area contributed by atoms with Gasteiger partial charge in [-0.15, -0.1) is 0 Å². The third-order valence-electron chi connectivity index (χ3n) is 5.78. The molecule has 3 aromatic carbocycles. The predicted molar refractivity (Wildman–Crippen MR) is 130 cm³/mol. The Kier molecular flexibility index (Phi) is 7.97. The number of rotatable bonds is 9. The van der Waals surface area contributed by atoms with E-state index in [4.69, 9.17) is 14.2 Å². The van der Waals surface area contributed by atoms with Gasteiger partial charge in [-0.05, 0) is 35.9 Å². The lowest BCUT2D eigenvalue weighted by Crippen LogP contribution is -2.51. The van der Waals surface area contributed by atoms with Gasteiger partial charge >= 0.3 is 0 Å². The highest BCUT2D eigenvalue weighted by molar-refractivity contribution is 5.91. The molecule has 1 saturated heterocycles. The van der Waals surface area contributed by atoms with Gasteiger partial charge in [0.1, 0.15) is 24.2 Å². The van der Waals surface area contributed by atoms with Gasteiger partial charge in [-0.3, -0.25) is 9.59 Å². The second-order valence-corrected chi connectivity index (χ2v) is 8.13. The van der Waals surface area contributed by atoms with Crippen LogP contribution in [0.4, 0.5) is 5.69 Å². The molecule has 0 bridgehead atoms. The highest BCUT2D eigenvalue weighted by Crippen LogP contribution is 2.28. The molecule has 8 heteroatoms. The van der Waals surface area contributed by atoms with Gasteiger partial charge in [-0.2, -0.15) is 0 Å². The van der Waals surface area contributed by atoms with Crippen molar-refractivity contribution in [2.45, 2.75) is 18.7 Å². The van der Waals surface area contributed by atoms with Gasteiger partial charge < -0.3 is 29.5 Å². The number of amides is 2. The van der Waals surface area contributed by atoms with Crippen molar-refractivity contribution in [2.75, 3.05) is 32.2 Å². The van der Waals surface area contributed by atoms with Crippen LogP contribution >= 0.6 is 0 Å². The Bertz CT molecular complexity index is 1140. The summed E-state index contributed by atoms with van der Waals surface area (Å²) in [4.78, 5) is 26.5. The minimum absolute atomic E-state index is 0.0333. The maximum atomic E-state index is 12.7. The minimum Gasteiger partial charge on any atom is -0.496 e. The van der Waals surface area contributed by atoms with E-state index < -0.39 is 12.1 Å². The van der Waals surface area contributed by atoms with Crippen LogP contribution in [-0.2, 0) is 20.9 Å². The number of carbonyl (C=O) groups is 2. The van der Waals surface area contributed by atoms with Crippen molar-refractivity contribution in [1.82, 2.24) is 4.90 Å². The van der Waals surface area contributed by atoms with Crippen molar-refractivity contribution < 1.29 is 28.9 Å². The van der Waals surface area contributed by atoms with Gasteiger partial charge in [0.2, 0.25) is 5.91 Å². The smallest absolute Gasteiger partial charge is 0.262 e. The average Bonchev–Trinajstić information content (AvgIpc) is 2.89. The second-order valence-electron chi connectivity index (χ2n) is 8.13. The lowest BCUT2D eigenvalue weighted by Gasteiger charge is -2.38. The molecule has 1 aliphatic heterocycles. The molecule has 3 aromatic rings. The summed E-state index contributed by atoms with van der Waals surface area (Å²) in [5.74, 6) is 0.796. The first kappa shape index (κ1) is 24.3. The summed E-state index contributed by atoms with van der Waals surface area (Å²) >= 11 is 0. The lowest BCUT2D eigenvalue weighted by atomic mass is 9.99. The normalized spacial score (nSPS) is 16.5. The van der Waals surface area contributed by atoms with Crippen molar-refractivity contribution in [1.29, 1.82) is 0 Å². The molecule has 2 amide bonds. The van der Waals surface area contributed by atoms with Gasteiger partial charge in [-0.1, -0.05) is 48.5 Å². The van der Waals surface area contributed by atoms with Crippen LogP contribution in [0.15, 0.2) is 78.9 Å². The van der Waals surface area contributed by atoms with E-state index in [-0.39, 0.29) is 31.6 Å². The third-order valence-corrected chi connectivity index (χ3v) is 5.78. The summed E-state index contributed by atoms with van der Waals surface area (Å²) in [7, 11) is 1.58. The topological polar surface area (TPSA) is 97.3 Å². The zero-order valence-corrected chi connectivity index (χ0v) is 19.4. The van der Waals surface area contributed by atoms with Crippen molar-refractivity contribution in [2.24, 2.45) is 0 Å². The molecule has 2 N–H and O–H groups in total. The Morgan fingerprint density at radius 2 is 1.80 bits per heavy atom. The van der Waals surface area contributed by atoms with Crippen molar-refractivity contribution in [3.63, 3.8) is 0 Å². The molecule has 182 valence electrons. The van der Waals surface area contributed by atoms with E-state index in [1.165, 1.54) is 0 Å². The average molecular weight is 477 g/mol. The molecule has 0 radical (unpaired) electrons. The maximum absolute atomic E-state index is 12.7. The van der Waals surface area contributed by atoms with Gasteiger partial charge in [-0.25, -0.2) is 0 Å². The standard InChI is InChI=1S/C27H28N2O6/c1-33-24-10-6-5-7-20(24)15-29-23(16-34-18-26(29)31)27(32)19-11-13-21(14-12-19)28-25(30)17-35-22-8-3-2-4-9-22/h2-14,23,27,32H,15-18H2,1H3,(H,28,30)/t23-,27-/m1/s1. The zero-order chi connectivity index (χ0) is 24.6. The van der Waals surface area contributed by atoms with Crippen LogP contribution in [0.3, 0.4) is 0 Å². The van der Waals surface area contributed by atoms with Crippen molar-refractivity contribution in [3.05, 3.63) is 90.0 Å². The first-order chi connectivity index (χ1) is 17.0. The molecule has 0 aliphatic carbocycles. The van der Waals surface area contributed by atoms with E-state index in [0.717, 1.165) is 5.56 Å². The Labute approximate surface area is 204 Å². The van der Waals surface area contributed by atoms with Crippen LogP contribution in [0.5, 0.6) is 11.5 Å². The summed E-state index contributed by atoms with van der Waals surface area (Å²) in [5.41, 5.74) is 2.03. The molecule has 4 rings (SSSR count). The number of aliphatic hydroxyl groups is 1. The van der Waals surface area contributed by atoms with E-state index in [9.17, 15) is 14.7 Å². The first-order valence-electron chi connectivity index (χ1n) is 11.3. The van der Waals surface area contributed by atoms with E-state index in [1.807, 2.05) is 42.5 Å². The number of benzene rings is 3. The van der Waals surface area contributed by atoms with Crippen LogP contribution in [0.2, 0.25) is 0 Å². The minimum atomic E-state index is -0.972. The zero-order valence-electron chi connectivity index (χ0n) is 19.4. The number of anilines is 1. The Hall–Kier alpha value is -3.88. The number of para-hydroxylation sites is 2. The summed E-state index contributed by atoms with van der Waals surface area (Å²) in [6.07, 6.45) is -0.972. The fourth-order valence-electron chi connectivity index (χ4n) is 3.96. The molecule has 35 heavy (non-hydrogen) atoms. The van der Waals surface area contributed by atoms with E-state index in [0.29, 0.717) is 29.3 Å². The Morgan fingerprint density at radius 1 is 1.09 bits per heavy atom. The van der Waals surface area contributed by atoms with E-state index >= 15 is 0 Å². The fraction of sp³-hybridized carbons (Fsp3) is 0.259. The first-order valence-corrected chi connectivity index (χ1v) is 11.3. The molecule has 1 heterocycles. The number of nitrogens with zero attached hydrogens (tertiary/aromatic N) is 1. The number of morpholine rings is 1. The summed E-state index contributed by atoms with van der Waals surface area (Å²) in [5, 5.41) is 13.9. The van der Waals surface area contributed by atoms with Crippen LogP contribution in [0, 0.1) is 0 Å². The molecule has 1 aliphatic rings. The van der Waals surface area contributed by atoms with E-state index in [2.05, 4.69) is 5.32 Å². The Morgan fingerprint density at radius 3 is 2.54 bits per heavy atom. The number of carbonyl (C=O) groups excluding carboxylic acids is 2. The molecule has 0 unspecified atom stereocenters. The number of hydrogen-bond donors (Lipinski definition) is 2. The van der Waals surface area contributed by atoms with Gasteiger partial charge in [0.05, 0.1) is 19.8 Å². The van der Waals surface area contributed by atoms with Crippen molar-refractivity contribution in [3.8, 4) is 11.5 Å². The molecule has 8 nitrogen and oxygen atoms in total. The molecule has 0 saturated carbocycles. The Balaban J connectivity index is 1.40. The van der Waals surface area contributed by atoms with E-state index in [1.54, 1.807) is 48.4 Å². The monoisotopic (exact) mass is 476 g/mol. The van der Waals surface area contributed by atoms with Gasteiger partial charge in [0, 0.05) is 17.8 Å². The maximum Gasteiger partial charge on any atom is 0.262 e. The fourth-order valence-corrected chi connectivity index (χ4v) is 3.96. The molecule has 1 fully saturated rings. The largest absolute Gasteiger partial charge is 0.496 e. The molecule has 0 aromatic heterocycles. The van der Waals surface area contributed by atoms with Crippen LogP contribution in [0.1, 0.15) is 17.2 Å². The number of methoxy groups -OCH3 is 1.